The molecule has 2 amide bonds. The molecule has 2 atom stereocenters. The van der Waals surface area contributed by atoms with E-state index in [-0.39, 0.29) is 30.7 Å². The van der Waals surface area contributed by atoms with Crippen molar-refractivity contribution in [2.45, 2.75) is 37.3 Å². The van der Waals surface area contributed by atoms with E-state index in [9.17, 15) is 14.7 Å². The van der Waals surface area contributed by atoms with Crippen molar-refractivity contribution in [1.29, 1.82) is 0 Å². The molecule has 2 fully saturated rings. The minimum atomic E-state index is -0.412. The Balaban J connectivity index is 1.64. The van der Waals surface area contributed by atoms with Crippen LogP contribution in [0.3, 0.4) is 0 Å². The molecule has 0 bridgehead atoms. The van der Waals surface area contributed by atoms with Crippen molar-refractivity contribution >= 4 is 12.0 Å². The zero-order chi connectivity index (χ0) is 23.9. The summed E-state index contributed by atoms with van der Waals surface area (Å²) in [5.74, 6) is -0.367. The third-order valence-electron chi connectivity index (χ3n) is 7.12. The molecule has 2 aliphatic heterocycles. The normalized spacial score (nSPS) is 21.5. The zero-order valence-electron chi connectivity index (χ0n) is 19.9. The molecular weight excluding hydrogens is 430 g/mol. The van der Waals surface area contributed by atoms with E-state index in [1.807, 2.05) is 65.6 Å². The number of piperazine rings is 1. The molecule has 1 N–H and O–H groups in total. The summed E-state index contributed by atoms with van der Waals surface area (Å²) in [6, 6.07) is 19.7. The van der Waals surface area contributed by atoms with Gasteiger partial charge >= 0.3 is 6.09 Å². The Bertz CT molecular complexity index is 900. The Morgan fingerprint density at radius 1 is 0.941 bits per heavy atom. The Hall–Kier alpha value is -2.90. The number of rotatable bonds is 6. The first kappa shape index (κ1) is 24.2. The van der Waals surface area contributed by atoms with Crippen LogP contribution in [-0.2, 0) is 9.53 Å². The number of piperidine rings is 1. The molecule has 7 nitrogen and oxygen atoms in total. The molecule has 34 heavy (non-hydrogen) atoms. The second kappa shape index (κ2) is 11.5. The highest BCUT2D eigenvalue weighted by molar-refractivity contribution is 5.87. The Morgan fingerprint density at radius 2 is 1.59 bits per heavy atom. The monoisotopic (exact) mass is 465 g/mol. The van der Waals surface area contributed by atoms with Crippen LogP contribution in [0.5, 0.6) is 0 Å². The van der Waals surface area contributed by atoms with E-state index in [1.165, 1.54) is 7.11 Å². The van der Waals surface area contributed by atoms with E-state index in [1.54, 1.807) is 4.90 Å². The Morgan fingerprint density at radius 3 is 2.18 bits per heavy atom. The second-order valence-corrected chi connectivity index (χ2v) is 9.18. The summed E-state index contributed by atoms with van der Waals surface area (Å²) in [6.45, 7) is 2.94. The largest absolute Gasteiger partial charge is 0.453 e. The van der Waals surface area contributed by atoms with E-state index < -0.39 is 5.92 Å². The van der Waals surface area contributed by atoms with Crippen LogP contribution in [0.25, 0.3) is 0 Å². The quantitative estimate of drug-likeness (QED) is 0.710. The molecule has 4 rings (SSSR count). The number of aliphatic hydroxyl groups is 1. The fourth-order valence-electron chi connectivity index (χ4n) is 5.31. The van der Waals surface area contributed by atoms with Gasteiger partial charge in [-0.15, -0.1) is 0 Å². The van der Waals surface area contributed by atoms with E-state index in [0.29, 0.717) is 26.2 Å². The first-order chi connectivity index (χ1) is 16.6. The van der Waals surface area contributed by atoms with Gasteiger partial charge in [-0.2, -0.15) is 0 Å². The second-order valence-electron chi connectivity index (χ2n) is 9.18. The third kappa shape index (κ3) is 5.42. The zero-order valence-corrected chi connectivity index (χ0v) is 19.9. The van der Waals surface area contributed by atoms with E-state index in [0.717, 1.165) is 36.9 Å². The molecule has 7 heteroatoms. The lowest BCUT2D eigenvalue weighted by Gasteiger charge is -2.46. The number of nitrogens with zero attached hydrogens (tertiary/aromatic N) is 3. The van der Waals surface area contributed by atoms with Crippen LogP contribution in [-0.4, -0.2) is 90.3 Å². The molecule has 2 aliphatic rings. The van der Waals surface area contributed by atoms with Crippen molar-refractivity contribution in [2.75, 3.05) is 46.4 Å². The maximum absolute atomic E-state index is 14.2. The van der Waals surface area contributed by atoms with Crippen LogP contribution in [0.4, 0.5) is 4.79 Å². The molecule has 2 heterocycles. The summed E-state index contributed by atoms with van der Waals surface area (Å²) in [5, 5.41) is 9.92. The molecule has 0 saturated carbocycles. The minimum absolute atomic E-state index is 0.0458. The van der Waals surface area contributed by atoms with Gasteiger partial charge in [0.25, 0.3) is 0 Å². The van der Waals surface area contributed by atoms with Crippen LogP contribution in [0.15, 0.2) is 60.7 Å². The summed E-state index contributed by atoms with van der Waals surface area (Å²) in [6.07, 6.45) is 2.77. The molecule has 0 aliphatic carbocycles. The Kier molecular flexibility index (Phi) is 8.19. The van der Waals surface area contributed by atoms with Gasteiger partial charge in [-0.25, -0.2) is 4.79 Å². The SMILES string of the molecule is COC(=O)N1CCN(C(=O)C(c2ccccc2)c2ccccc2)C(CN2CCCCC2CO)C1. The van der Waals surface area contributed by atoms with Gasteiger partial charge < -0.3 is 19.6 Å². The highest BCUT2D eigenvalue weighted by Gasteiger charge is 2.38. The molecule has 2 unspecified atom stereocenters. The van der Waals surface area contributed by atoms with Crippen LogP contribution >= 0.6 is 0 Å². The standard InChI is InChI=1S/C27H35N3O4/c1-34-27(33)29-16-17-30(24(19-29)18-28-15-9-8-14-23(28)20-31)26(32)25(21-10-4-2-5-11-21)22-12-6-3-7-13-22/h2-7,10-13,23-25,31H,8-9,14-20H2,1H3. The van der Waals surface area contributed by atoms with Gasteiger partial charge in [0.05, 0.1) is 25.7 Å². The number of hydrogen-bond acceptors (Lipinski definition) is 5. The lowest BCUT2D eigenvalue weighted by Crippen LogP contribution is -2.61. The molecule has 0 aromatic heterocycles. The van der Waals surface area contributed by atoms with Crippen LogP contribution in [0.1, 0.15) is 36.3 Å². The molecule has 2 saturated heterocycles. The number of carbonyl (C=O) groups excluding carboxylic acids is 2. The number of carbonyl (C=O) groups is 2. The van der Waals surface area contributed by atoms with Gasteiger partial charge in [0, 0.05) is 32.2 Å². The molecule has 2 aromatic rings. The van der Waals surface area contributed by atoms with Crippen LogP contribution < -0.4 is 0 Å². The average Bonchev–Trinajstić information content (AvgIpc) is 2.90. The van der Waals surface area contributed by atoms with Crippen molar-refractivity contribution in [2.24, 2.45) is 0 Å². The van der Waals surface area contributed by atoms with Crippen LogP contribution in [0, 0.1) is 0 Å². The minimum Gasteiger partial charge on any atom is -0.453 e. The van der Waals surface area contributed by atoms with E-state index in [4.69, 9.17) is 4.74 Å². The number of likely N-dealkylation sites (tertiary alicyclic amines) is 1. The van der Waals surface area contributed by atoms with Crippen molar-refractivity contribution < 1.29 is 19.4 Å². The van der Waals surface area contributed by atoms with E-state index >= 15 is 0 Å². The van der Waals surface area contributed by atoms with Gasteiger partial charge in [-0.3, -0.25) is 9.69 Å². The molecule has 2 aromatic carbocycles. The fraction of sp³-hybridized carbons (Fsp3) is 0.481. The van der Waals surface area contributed by atoms with Crippen molar-refractivity contribution in [3.05, 3.63) is 71.8 Å². The number of amides is 2. The molecule has 0 radical (unpaired) electrons. The lowest BCUT2D eigenvalue weighted by atomic mass is 9.89. The van der Waals surface area contributed by atoms with E-state index in [2.05, 4.69) is 4.90 Å². The highest BCUT2D eigenvalue weighted by Crippen LogP contribution is 2.29. The van der Waals surface area contributed by atoms with Crippen molar-refractivity contribution in [3.63, 3.8) is 0 Å². The predicted octanol–water partition coefficient (Wildman–Crippen LogP) is 2.94. The average molecular weight is 466 g/mol. The first-order valence-corrected chi connectivity index (χ1v) is 12.2. The maximum Gasteiger partial charge on any atom is 0.409 e. The summed E-state index contributed by atoms with van der Waals surface area (Å²) < 4.78 is 4.98. The number of hydrogen-bond donors (Lipinski definition) is 1. The summed E-state index contributed by atoms with van der Waals surface area (Å²) in [7, 11) is 1.39. The fourth-order valence-corrected chi connectivity index (χ4v) is 5.31. The Labute approximate surface area is 201 Å². The van der Waals surface area contributed by atoms with Gasteiger partial charge in [0.1, 0.15) is 0 Å². The molecule has 0 spiro atoms. The molecular formula is C27H35N3O4. The molecule has 182 valence electrons. The number of aliphatic hydroxyl groups excluding tert-OH is 1. The summed E-state index contributed by atoms with van der Waals surface area (Å²) in [4.78, 5) is 32.4. The van der Waals surface area contributed by atoms with Gasteiger partial charge in [0.2, 0.25) is 5.91 Å². The number of methoxy groups -OCH3 is 1. The van der Waals surface area contributed by atoms with Gasteiger partial charge in [-0.05, 0) is 30.5 Å². The van der Waals surface area contributed by atoms with Crippen molar-refractivity contribution in [3.8, 4) is 0 Å². The summed E-state index contributed by atoms with van der Waals surface area (Å²) in [5.41, 5.74) is 1.91. The highest BCUT2D eigenvalue weighted by atomic mass is 16.5. The topological polar surface area (TPSA) is 73.3 Å². The van der Waals surface area contributed by atoms with Crippen LogP contribution in [0.2, 0.25) is 0 Å². The van der Waals surface area contributed by atoms with Gasteiger partial charge in [-0.1, -0.05) is 67.1 Å². The van der Waals surface area contributed by atoms with Crippen molar-refractivity contribution in [1.82, 2.24) is 14.7 Å². The lowest BCUT2D eigenvalue weighted by molar-refractivity contribution is -0.137. The van der Waals surface area contributed by atoms with Gasteiger partial charge in [0.15, 0.2) is 0 Å². The third-order valence-corrected chi connectivity index (χ3v) is 7.12. The number of benzene rings is 2. The number of ether oxygens (including phenoxy) is 1. The summed E-state index contributed by atoms with van der Waals surface area (Å²) >= 11 is 0. The predicted molar refractivity (Wildman–Crippen MR) is 131 cm³/mol. The maximum atomic E-state index is 14.2. The first-order valence-electron chi connectivity index (χ1n) is 12.2. The smallest absolute Gasteiger partial charge is 0.409 e.